The van der Waals surface area contributed by atoms with Crippen LogP contribution in [0, 0.1) is 13.8 Å². The second kappa shape index (κ2) is 4.94. The Morgan fingerprint density at radius 3 is 2.41 bits per heavy atom. The molecule has 0 aliphatic rings. The van der Waals surface area contributed by atoms with E-state index in [1.54, 1.807) is 0 Å². The van der Waals surface area contributed by atoms with Crippen LogP contribution in [-0.4, -0.2) is 18.3 Å². The van der Waals surface area contributed by atoms with Crippen LogP contribution in [0.1, 0.15) is 12.0 Å². The van der Waals surface area contributed by atoms with Gasteiger partial charge in [0, 0.05) is 16.9 Å². The van der Waals surface area contributed by atoms with Crippen molar-refractivity contribution in [2.24, 2.45) is 0 Å². The third kappa shape index (κ3) is 2.98. The summed E-state index contributed by atoms with van der Waals surface area (Å²) in [5.41, 5.74) is -2.13. The number of alkyl halides is 2. The molecule has 0 unspecified atom stereocenters. The van der Waals surface area contributed by atoms with Crippen LogP contribution in [0.25, 0.3) is 0 Å². The molecule has 6 nitrogen and oxygen atoms in total. The standard InChI is InChI=1S/C6H2ClF2IN2O4S/c7-17(15,16)4-2(5(8)9)1-11-6(10)3(4)12(13)14/h1,5H. The summed E-state index contributed by atoms with van der Waals surface area (Å²) in [7, 11) is 0.261. The van der Waals surface area contributed by atoms with E-state index in [1.165, 1.54) is 22.6 Å². The minimum absolute atomic E-state index is 0.337. The molecule has 0 amide bonds. The molecule has 1 aromatic rings. The Kier molecular flexibility index (Phi) is 4.19. The first-order valence-electron chi connectivity index (χ1n) is 3.72. The van der Waals surface area contributed by atoms with Crippen molar-refractivity contribution in [2.45, 2.75) is 11.3 Å². The smallest absolute Gasteiger partial charge is 0.258 e. The van der Waals surface area contributed by atoms with Crippen LogP contribution in [0.4, 0.5) is 14.5 Å². The molecule has 17 heavy (non-hydrogen) atoms. The Morgan fingerprint density at radius 1 is 1.53 bits per heavy atom. The summed E-state index contributed by atoms with van der Waals surface area (Å²) in [5, 5.41) is 10.7. The zero-order valence-electron chi connectivity index (χ0n) is 7.60. The van der Waals surface area contributed by atoms with Gasteiger partial charge < -0.3 is 0 Å². The fourth-order valence-corrected chi connectivity index (χ4v) is 3.15. The zero-order chi connectivity index (χ0) is 13.4. The van der Waals surface area contributed by atoms with Crippen LogP contribution in [-0.2, 0) is 9.05 Å². The molecule has 0 spiro atoms. The van der Waals surface area contributed by atoms with Crippen LogP contribution in [0.5, 0.6) is 0 Å². The molecular weight excluding hydrogens is 396 g/mol. The Balaban J connectivity index is 3.82. The summed E-state index contributed by atoms with van der Waals surface area (Å²) < 4.78 is 47.0. The SMILES string of the molecule is O=[N+]([O-])c1c(I)ncc(C(F)F)c1S(=O)(=O)Cl. The molecule has 0 aliphatic heterocycles. The Morgan fingerprint density at radius 2 is 2.06 bits per heavy atom. The number of pyridine rings is 1. The number of rotatable bonds is 3. The molecule has 0 bridgehead atoms. The van der Waals surface area contributed by atoms with E-state index in [1.807, 2.05) is 0 Å². The summed E-state index contributed by atoms with van der Waals surface area (Å²) >= 11 is 1.36. The quantitative estimate of drug-likeness (QED) is 0.256. The van der Waals surface area contributed by atoms with E-state index < -0.39 is 36.5 Å². The summed E-state index contributed by atoms with van der Waals surface area (Å²) in [6, 6.07) is 0. The van der Waals surface area contributed by atoms with Crippen molar-refractivity contribution in [2.75, 3.05) is 0 Å². The molecular formula is C6H2ClF2IN2O4S. The topological polar surface area (TPSA) is 90.2 Å². The molecule has 0 atom stereocenters. The lowest BCUT2D eigenvalue weighted by Gasteiger charge is -2.06. The molecule has 1 rings (SSSR count). The number of hydrogen-bond donors (Lipinski definition) is 0. The van der Waals surface area contributed by atoms with Gasteiger partial charge in [0.2, 0.25) is 0 Å². The molecule has 1 aromatic heterocycles. The molecule has 0 radical (unpaired) electrons. The van der Waals surface area contributed by atoms with Gasteiger partial charge in [0.05, 0.1) is 10.5 Å². The van der Waals surface area contributed by atoms with Gasteiger partial charge in [0.25, 0.3) is 15.5 Å². The summed E-state index contributed by atoms with van der Waals surface area (Å²) in [5.74, 6) is 0. The maximum absolute atomic E-state index is 12.5. The zero-order valence-corrected chi connectivity index (χ0v) is 11.3. The monoisotopic (exact) mass is 398 g/mol. The Labute approximate surface area is 112 Å². The first kappa shape index (κ1) is 14.4. The first-order valence-corrected chi connectivity index (χ1v) is 7.10. The van der Waals surface area contributed by atoms with Crippen molar-refractivity contribution in [3.8, 4) is 0 Å². The fraction of sp³-hybridized carbons (Fsp3) is 0.167. The van der Waals surface area contributed by atoms with Crippen molar-refractivity contribution in [1.82, 2.24) is 4.98 Å². The van der Waals surface area contributed by atoms with Crippen LogP contribution in [0.15, 0.2) is 11.1 Å². The van der Waals surface area contributed by atoms with Gasteiger partial charge in [0.1, 0.15) is 0 Å². The van der Waals surface area contributed by atoms with Crippen molar-refractivity contribution in [3.05, 3.63) is 25.6 Å². The van der Waals surface area contributed by atoms with Gasteiger partial charge in [0.15, 0.2) is 8.60 Å². The second-order valence-corrected chi connectivity index (χ2v) is 6.20. The Bertz CT molecular complexity index is 580. The molecule has 0 aliphatic carbocycles. The first-order chi connectivity index (χ1) is 7.66. The third-order valence-electron chi connectivity index (χ3n) is 1.65. The van der Waals surface area contributed by atoms with Crippen LogP contribution >= 0.6 is 33.3 Å². The van der Waals surface area contributed by atoms with Gasteiger partial charge >= 0.3 is 5.69 Å². The molecule has 11 heteroatoms. The fourth-order valence-electron chi connectivity index (χ4n) is 1.05. The van der Waals surface area contributed by atoms with Crippen molar-refractivity contribution >= 4 is 48.0 Å². The van der Waals surface area contributed by atoms with E-state index in [9.17, 15) is 27.3 Å². The van der Waals surface area contributed by atoms with Gasteiger partial charge in [-0.1, -0.05) is 0 Å². The molecule has 94 valence electrons. The predicted octanol–water partition coefficient (Wildman–Crippen LogP) is 2.46. The molecule has 0 N–H and O–H groups in total. The van der Waals surface area contributed by atoms with Crippen LogP contribution in [0.3, 0.4) is 0 Å². The van der Waals surface area contributed by atoms with Crippen molar-refractivity contribution < 1.29 is 22.1 Å². The largest absolute Gasteiger partial charge is 0.321 e. The highest BCUT2D eigenvalue weighted by Gasteiger charge is 2.34. The molecule has 0 aromatic carbocycles. The maximum Gasteiger partial charge on any atom is 0.321 e. The number of halogens is 4. The average Bonchev–Trinajstić information content (AvgIpc) is 2.14. The minimum Gasteiger partial charge on any atom is -0.258 e. The molecule has 0 saturated heterocycles. The van der Waals surface area contributed by atoms with E-state index in [2.05, 4.69) is 4.98 Å². The summed E-state index contributed by atoms with van der Waals surface area (Å²) in [6.07, 6.45) is -2.68. The van der Waals surface area contributed by atoms with Gasteiger partial charge in [-0.15, -0.1) is 0 Å². The van der Waals surface area contributed by atoms with Crippen LogP contribution in [0.2, 0.25) is 0 Å². The van der Waals surface area contributed by atoms with Crippen molar-refractivity contribution in [1.29, 1.82) is 0 Å². The lowest BCUT2D eigenvalue weighted by atomic mass is 10.3. The minimum atomic E-state index is -4.67. The van der Waals surface area contributed by atoms with E-state index >= 15 is 0 Å². The van der Waals surface area contributed by atoms with Crippen LogP contribution < -0.4 is 0 Å². The van der Waals surface area contributed by atoms with Gasteiger partial charge in [-0.05, 0) is 22.6 Å². The second-order valence-electron chi connectivity index (χ2n) is 2.68. The lowest BCUT2D eigenvalue weighted by Crippen LogP contribution is -2.07. The Hall–Kier alpha value is -0.620. The average molecular weight is 399 g/mol. The van der Waals surface area contributed by atoms with Gasteiger partial charge in [-0.3, -0.25) is 10.1 Å². The normalized spacial score (nSPS) is 11.8. The highest BCUT2D eigenvalue weighted by atomic mass is 127. The number of aromatic nitrogens is 1. The highest BCUT2D eigenvalue weighted by Crippen LogP contribution is 2.37. The van der Waals surface area contributed by atoms with Gasteiger partial charge in [-0.25, -0.2) is 22.2 Å². The highest BCUT2D eigenvalue weighted by molar-refractivity contribution is 14.1. The van der Waals surface area contributed by atoms with E-state index in [-0.39, 0.29) is 3.70 Å². The third-order valence-corrected chi connectivity index (χ3v) is 3.82. The number of nitrogens with zero attached hydrogens (tertiary/aromatic N) is 2. The van der Waals surface area contributed by atoms with E-state index in [0.29, 0.717) is 6.20 Å². The summed E-state index contributed by atoms with van der Waals surface area (Å²) in [4.78, 5) is 11.7. The molecule has 1 heterocycles. The number of nitro groups is 1. The summed E-state index contributed by atoms with van der Waals surface area (Å²) in [6.45, 7) is 0. The molecule has 0 saturated carbocycles. The van der Waals surface area contributed by atoms with E-state index in [4.69, 9.17) is 10.7 Å². The maximum atomic E-state index is 12.5. The number of hydrogen-bond acceptors (Lipinski definition) is 5. The predicted molar refractivity (Wildman–Crippen MR) is 61.6 cm³/mol. The lowest BCUT2D eigenvalue weighted by molar-refractivity contribution is -0.389. The van der Waals surface area contributed by atoms with Crippen molar-refractivity contribution in [3.63, 3.8) is 0 Å². The molecule has 0 fully saturated rings. The van der Waals surface area contributed by atoms with E-state index in [0.717, 1.165) is 0 Å². The van der Waals surface area contributed by atoms with Gasteiger partial charge in [-0.2, -0.15) is 0 Å².